The first-order chi connectivity index (χ1) is 9.43. The maximum absolute atomic E-state index is 12.2. The highest BCUT2D eigenvalue weighted by atomic mass is 35.5. The summed E-state index contributed by atoms with van der Waals surface area (Å²) in [6.45, 7) is 5.74. The van der Waals surface area contributed by atoms with E-state index >= 15 is 0 Å². The van der Waals surface area contributed by atoms with Gasteiger partial charge in [0.2, 0.25) is 5.91 Å². The van der Waals surface area contributed by atoms with Crippen LogP contribution in [0.1, 0.15) is 39.2 Å². The molecule has 0 spiro atoms. The fraction of sp³-hybridized carbons (Fsp3) is 0.533. The molecule has 20 heavy (non-hydrogen) atoms. The molecule has 0 bridgehead atoms. The van der Waals surface area contributed by atoms with Gasteiger partial charge in [0.25, 0.3) is 0 Å². The van der Waals surface area contributed by atoms with Crippen molar-refractivity contribution < 1.29 is 9.00 Å². The molecular weight excluding hydrogens is 294 g/mol. The van der Waals surface area contributed by atoms with Crippen LogP contribution < -0.4 is 5.32 Å². The Morgan fingerprint density at radius 2 is 2.10 bits per heavy atom. The standard InChI is InChI=1S/C15H22ClNO2S/c1-4-6-11(2)17-15(18)12(3)20(19)10-13-7-5-8-14(16)9-13/h5,7-9,11-12H,4,6,10H2,1-3H3,(H,17,18). The van der Waals surface area contributed by atoms with E-state index < -0.39 is 16.0 Å². The maximum atomic E-state index is 12.2. The third kappa shape index (κ3) is 5.63. The second-order valence-corrected chi connectivity index (χ2v) is 7.19. The molecule has 0 saturated carbocycles. The molecule has 0 fully saturated rings. The Labute approximate surface area is 128 Å². The molecule has 1 rings (SSSR count). The van der Waals surface area contributed by atoms with Gasteiger partial charge >= 0.3 is 0 Å². The van der Waals surface area contributed by atoms with E-state index in [1.807, 2.05) is 19.1 Å². The zero-order valence-electron chi connectivity index (χ0n) is 12.2. The van der Waals surface area contributed by atoms with Crippen LogP contribution in [-0.4, -0.2) is 21.4 Å². The molecule has 3 atom stereocenters. The van der Waals surface area contributed by atoms with Gasteiger partial charge in [-0.3, -0.25) is 9.00 Å². The minimum Gasteiger partial charge on any atom is -0.353 e. The third-order valence-corrected chi connectivity index (χ3v) is 4.93. The molecule has 0 aliphatic carbocycles. The Kier molecular flexibility index (Phi) is 7.24. The van der Waals surface area contributed by atoms with E-state index in [9.17, 15) is 9.00 Å². The Balaban J connectivity index is 2.56. The van der Waals surface area contributed by atoms with Gasteiger partial charge in [0, 0.05) is 27.6 Å². The fourth-order valence-corrected chi connectivity index (χ4v) is 3.18. The minimum atomic E-state index is -1.25. The number of hydrogen-bond acceptors (Lipinski definition) is 2. The smallest absolute Gasteiger partial charge is 0.235 e. The van der Waals surface area contributed by atoms with E-state index in [-0.39, 0.29) is 11.9 Å². The van der Waals surface area contributed by atoms with E-state index in [2.05, 4.69) is 12.2 Å². The summed E-state index contributed by atoms with van der Waals surface area (Å²) in [5.41, 5.74) is 0.886. The van der Waals surface area contributed by atoms with E-state index in [0.717, 1.165) is 18.4 Å². The highest BCUT2D eigenvalue weighted by Gasteiger charge is 2.21. The van der Waals surface area contributed by atoms with Crippen molar-refractivity contribution in [3.8, 4) is 0 Å². The first kappa shape index (κ1) is 17.2. The van der Waals surface area contributed by atoms with Crippen molar-refractivity contribution in [2.24, 2.45) is 0 Å². The Bertz CT molecular complexity index is 479. The molecule has 1 amide bonds. The summed E-state index contributed by atoms with van der Waals surface area (Å²) in [5.74, 6) is 0.198. The predicted molar refractivity (Wildman–Crippen MR) is 85.3 cm³/mol. The summed E-state index contributed by atoms with van der Waals surface area (Å²) in [6.07, 6.45) is 1.95. The van der Waals surface area contributed by atoms with Gasteiger partial charge in [-0.15, -0.1) is 0 Å². The summed E-state index contributed by atoms with van der Waals surface area (Å²) in [7, 11) is -1.25. The summed E-state index contributed by atoms with van der Waals surface area (Å²) in [5, 5.41) is 3.00. The number of benzene rings is 1. The number of amides is 1. The molecule has 0 heterocycles. The Morgan fingerprint density at radius 1 is 1.40 bits per heavy atom. The van der Waals surface area contributed by atoms with Gasteiger partial charge in [-0.25, -0.2) is 0 Å². The molecule has 3 nitrogen and oxygen atoms in total. The van der Waals surface area contributed by atoms with Gasteiger partial charge in [-0.2, -0.15) is 0 Å². The Morgan fingerprint density at radius 3 is 2.70 bits per heavy atom. The van der Waals surface area contributed by atoms with Crippen LogP contribution in [0.15, 0.2) is 24.3 Å². The molecular formula is C15H22ClNO2S. The van der Waals surface area contributed by atoms with Crippen molar-refractivity contribution in [3.05, 3.63) is 34.9 Å². The summed E-state index contributed by atoms with van der Waals surface area (Å²) in [4.78, 5) is 12.0. The minimum absolute atomic E-state index is 0.123. The van der Waals surface area contributed by atoms with Crippen molar-refractivity contribution in [1.82, 2.24) is 5.32 Å². The molecule has 0 aliphatic heterocycles. The maximum Gasteiger partial charge on any atom is 0.235 e. The van der Waals surface area contributed by atoms with Gasteiger partial charge in [0.1, 0.15) is 5.25 Å². The molecule has 0 aromatic heterocycles. The predicted octanol–water partition coefficient (Wildman–Crippen LogP) is 3.28. The summed E-state index contributed by atoms with van der Waals surface area (Å²) >= 11 is 5.90. The number of carbonyl (C=O) groups is 1. The molecule has 112 valence electrons. The normalized spacial score (nSPS) is 15.4. The molecule has 5 heteroatoms. The second kappa shape index (κ2) is 8.42. The van der Waals surface area contributed by atoms with Gasteiger partial charge in [-0.05, 0) is 38.0 Å². The van der Waals surface area contributed by atoms with E-state index in [4.69, 9.17) is 11.6 Å². The highest BCUT2D eigenvalue weighted by molar-refractivity contribution is 7.85. The van der Waals surface area contributed by atoms with Gasteiger partial charge < -0.3 is 5.32 Å². The number of carbonyl (C=O) groups excluding carboxylic acids is 1. The van der Waals surface area contributed by atoms with Crippen molar-refractivity contribution in [2.75, 3.05) is 0 Å². The van der Waals surface area contributed by atoms with Crippen LogP contribution in [0.5, 0.6) is 0 Å². The van der Waals surface area contributed by atoms with E-state index in [1.54, 1.807) is 19.1 Å². The topological polar surface area (TPSA) is 46.2 Å². The number of nitrogens with one attached hydrogen (secondary N) is 1. The molecule has 0 radical (unpaired) electrons. The Hall–Kier alpha value is -0.870. The van der Waals surface area contributed by atoms with Crippen molar-refractivity contribution in [1.29, 1.82) is 0 Å². The number of hydrogen-bond donors (Lipinski definition) is 1. The van der Waals surface area contributed by atoms with Crippen LogP contribution in [0.2, 0.25) is 5.02 Å². The average Bonchev–Trinajstić information content (AvgIpc) is 2.37. The average molecular weight is 316 g/mol. The van der Waals surface area contributed by atoms with E-state index in [1.165, 1.54) is 0 Å². The monoisotopic (exact) mass is 315 g/mol. The number of rotatable bonds is 7. The number of halogens is 1. The molecule has 0 saturated heterocycles. The van der Waals surface area contributed by atoms with Crippen molar-refractivity contribution in [2.45, 2.75) is 50.7 Å². The summed E-state index contributed by atoms with van der Waals surface area (Å²) < 4.78 is 12.2. The molecule has 1 N–H and O–H groups in total. The molecule has 1 aromatic carbocycles. The lowest BCUT2D eigenvalue weighted by Gasteiger charge is -2.17. The third-order valence-electron chi connectivity index (χ3n) is 3.07. The second-order valence-electron chi connectivity index (χ2n) is 5.00. The van der Waals surface area contributed by atoms with Crippen LogP contribution in [0.3, 0.4) is 0 Å². The lowest BCUT2D eigenvalue weighted by molar-refractivity contribution is -0.121. The van der Waals surface area contributed by atoms with Crippen LogP contribution in [-0.2, 0) is 21.3 Å². The lowest BCUT2D eigenvalue weighted by Crippen LogP contribution is -2.40. The first-order valence-electron chi connectivity index (χ1n) is 6.86. The molecule has 0 aliphatic rings. The summed E-state index contributed by atoms with van der Waals surface area (Å²) in [6, 6.07) is 7.37. The van der Waals surface area contributed by atoms with Crippen molar-refractivity contribution >= 4 is 28.3 Å². The fourth-order valence-electron chi connectivity index (χ4n) is 1.90. The lowest BCUT2D eigenvalue weighted by atomic mass is 10.2. The molecule has 1 aromatic rings. The van der Waals surface area contributed by atoms with Gasteiger partial charge in [-0.1, -0.05) is 37.1 Å². The zero-order valence-corrected chi connectivity index (χ0v) is 13.8. The van der Waals surface area contributed by atoms with Crippen LogP contribution >= 0.6 is 11.6 Å². The van der Waals surface area contributed by atoms with Gasteiger partial charge in [0.05, 0.1) is 0 Å². The van der Waals surface area contributed by atoms with Crippen LogP contribution in [0.4, 0.5) is 0 Å². The highest BCUT2D eigenvalue weighted by Crippen LogP contribution is 2.14. The van der Waals surface area contributed by atoms with E-state index in [0.29, 0.717) is 10.8 Å². The largest absolute Gasteiger partial charge is 0.353 e. The van der Waals surface area contributed by atoms with Crippen molar-refractivity contribution in [3.63, 3.8) is 0 Å². The zero-order chi connectivity index (χ0) is 15.1. The SMILES string of the molecule is CCCC(C)NC(=O)C(C)S(=O)Cc1cccc(Cl)c1. The van der Waals surface area contributed by atoms with Gasteiger partial charge in [0.15, 0.2) is 0 Å². The molecule has 3 unspecified atom stereocenters. The quantitative estimate of drug-likeness (QED) is 0.839. The van der Waals surface area contributed by atoms with Crippen LogP contribution in [0, 0.1) is 0 Å². The van der Waals surface area contributed by atoms with Crippen LogP contribution in [0.25, 0.3) is 0 Å². The first-order valence-corrected chi connectivity index (χ1v) is 8.62.